The van der Waals surface area contributed by atoms with Crippen LogP contribution in [0.2, 0.25) is 0 Å². The summed E-state index contributed by atoms with van der Waals surface area (Å²) in [4.78, 5) is 4.31. The molecule has 4 nitrogen and oxygen atoms in total. The molecular formula is C18H30IN3OS. The molecule has 1 aromatic rings. The number of nitrogens with one attached hydrogen (secondary N) is 2. The molecule has 1 saturated carbocycles. The van der Waals surface area contributed by atoms with Crippen LogP contribution in [0, 0.1) is 0 Å². The number of hydrogen-bond acceptors (Lipinski definition) is 3. The quantitative estimate of drug-likeness (QED) is 0.267. The molecule has 1 fully saturated rings. The first-order chi connectivity index (χ1) is 11.3. The van der Waals surface area contributed by atoms with Gasteiger partial charge in [-0.15, -0.1) is 24.0 Å². The third-order valence-corrected chi connectivity index (χ3v) is 5.23. The van der Waals surface area contributed by atoms with Crippen molar-refractivity contribution < 1.29 is 4.74 Å². The summed E-state index contributed by atoms with van der Waals surface area (Å²) in [6.07, 6.45) is 3.79. The van der Waals surface area contributed by atoms with Crippen LogP contribution in [0.4, 0.5) is 0 Å². The van der Waals surface area contributed by atoms with E-state index >= 15 is 0 Å². The Kier molecular flexibility index (Phi) is 11.5. The van der Waals surface area contributed by atoms with Crippen LogP contribution in [0.3, 0.4) is 0 Å². The molecule has 24 heavy (non-hydrogen) atoms. The number of benzene rings is 1. The fourth-order valence-corrected chi connectivity index (χ4v) is 3.99. The number of rotatable bonds is 8. The number of aliphatic imine (C=N–C) groups is 1. The topological polar surface area (TPSA) is 45.7 Å². The van der Waals surface area contributed by atoms with Crippen molar-refractivity contribution in [3.05, 3.63) is 35.9 Å². The van der Waals surface area contributed by atoms with Crippen molar-refractivity contribution in [2.24, 2.45) is 4.99 Å². The maximum absolute atomic E-state index is 5.68. The van der Waals surface area contributed by atoms with E-state index in [1.165, 1.54) is 30.6 Å². The molecule has 2 N–H and O–H groups in total. The maximum atomic E-state index is 5.68. The summed E-state index contributed by atoms with van der Waals surface area (Å²) in [6, 6.07) is 10.8. The molecule has 0 bridgehead atoms. The molecule has 0 aromatic heterocycles. The fraction of sp³-hybridized carbons (Fsp3) is 0.611. The van der Waals surface area contributed by atoms with Gasteiger partial charge in [0.25, 0.3) is 0 Å². The fourth-order valence-electron chi connectivity index (χ4n) is 2.85. The second-order valence-electron chi connectivity index (χ2n) is 5.77. The van der Waals surface area contributed by atoms with Crippen molar-refractivity contribution in [3.63, 3.8) is 0 Å². The number of guanidine groups is 1. The lowest BCUT2D eigenvalue weighted by molar-refractivity contribution is 0.125. The maximum Gasteiger partial charge on any atom is 0.191 e. The molecule has 1 aliphatic rings. The van der Waals surface area contributed by atoms with Gasteiger partial charge in [-0.2, -0.15) is 11.8 Å². The molecule has 2 atom stereocenters. The van der Waals surface area contributed by atoms with Crippen molar-refractivity contribution in [3.8, 4) is 0 Å². The summed E-state index contributed by atoms with van der Waals surface area (Å²) < 4.78 is 5.68. The minimum atomic E-state index is 0. The van der Waals surface area contributed by atoms with Crippen LogP contribution in [-0.2, 0) is 11.3 Å². The molecule has 1 aliphatic carbocycles. The van der Waals surface area contributed by atoms with Gasteiger partial charge in [0.1, 0.15) is 0 Å². The lowest BCUT2D eigenvalue weighted by Crippen LogP contribution is -2.43. The van der Waals surface area contributed by atoms with Crippen LogP contribution in [-0.4, -0.2) is 43.2 Å². The van der Waals surface area contributed by atoms with Gasteiger partial charge in [0.15, 0.2) is 5.96 Å². The van der Waals surface area contributed by atoms with Gasteiger partial charge in [-0.25, -0.2) is 0 Å². The van der Waals surface area contributed by atoms with E-state index in [4.69, 9.17) is 4.74 Å². The summed E-state index contributed by atoms with van der Waals surface area (Å²) in [5.41, 5.74) is 1.21. The third kappa shape index (κ3) is 8.07. The van der Waals surface area contributed by atoms with Gasteiger partial charge >= 0.3 is 0 Å². The smallest absolute Gasteiger partial charge is 0.191 e. The molecule has 2 unspecified atom stereocenters. The minimum absolute atomic E-state index is 0. The highest BCUT2D eigenvalue weighted by molar-refractivity contribution is 14.0. The Morgan fingerprint density at radius 3 is 2.79 bits per heavy atom. The van der Waals surface area contributed by atoms with Crippen LogP contribution in [0.1, 0.15) is 31.7 Å². The predicted octanol–water partition coefficient (Wildman–Crippen LogP) is 3.66. The van der Waals surface area contributed by atoms with Gasteiger partial charge in [-0.05, 0) is 30.6 Å². The highest BCUT2D eigenvalue weighted by atomic mass is 127. The molecule has 0 spiro atoms. The zero-order valence-corrected chi connectivity index (χ0v) is 17.8. The molecule has 0 amide bonds. The minimum Gasteiger partial charge on any atom is -0.375 e. The molecule has 6 heteroatoms. The third-order valence-electron chi connectivity index (χ3n) is 4.00. The summed E-state index contributed by atoms with van der Waals surface area (Å²) >= 11 is 2.08. The van der Waals surface area contributed by atoms with E-state index in [9.17, 15) is 0 Å². The Morgan fingerprint density at radius 1 is 1.29 bits per heavy atom. The number of halogens is 1. The Labute approximate surface area is 167 Å². The van der Waals surface area contributed by atoms with Gasteiger partial charge in [-0.1, -0.05) is 37.3 Å². The van der Waals surface area contributed by atoms with Crippen LogP contribution in [0.5, 0.6) is 0 Å². The van der Waals surface area contributed by atoms with Crippen LogP contribution >= 0.6 is 35.7 Å². The summed E-state index contributed by atoms with van der Waals surface area (Å²) in [5, 5.41) is 7.68. The number of thioether (sulfide) groups is 1. The van der Waals surface area contributed by atoms with E-state index in [-0.39, 0.29) is 24.0 Å². The average Bonchev–Trinajstić information content (AvgIpc) is 3.02. The summed E-state index contributed by atoms with van der Waals surface area (Å²) in [7, 11) is 1.83. The Balaban J connectivity index is 0.00000288. The first-order valence-electron chi connectivity index (χ1n) is 8.52. The van der Waals surface area contributed by atoms with Crippen molar-refractivity contribution in [2.45, 2.75) is 44.1 Å². The molecular weight excluding hydrogens is 433 g/mol. The zero-order chi connectivity index (χ0) is 16.3. The number of nitrogens with zero attached hydrogens (tertiary/aromatic N) is 1. The molecule has 0 radical (unpaired) electrons. The molecule has 2 rings (SSSR count). The molecule has 0 heterocycles. The largest absolute Gasteiger partial charge is 0.375 e. The van der Waals surface area contributed by atoms with E-state index in [0.717, 1.165) is 17.8 Å². The normalized spacial score (nSPS) is 20.5. The summed E-state index contributed by atoms with van der Waals surface area (Å²) in [5.74, 6) is 2.10. The van der Waals surface area contributed by atoms with Crippen LogP contribution < -0.4 is 10.6 Å². The van der Waals surface area contributed by atoms with E-state index < -0.39 is 0 Å². The van der Waals surface area contributed by atoms with Gasteiger partial charge in [-0.3, -0.25) is 4.99 Å². The first kappa shape index (κ1) is 21.6. The monoisotopic (exact) mass is 463 g/mol. The van der Waals surface area contributed by atoms with Crippen molar-refractivity contribution in [2.75, 3.05) is 26.0 Å². The van der Waals surface area contributed by atoms with E-state index in [0.29, 0.717) is 19.3 Å². The van der Waals surface area contributed by atoms with Gasteiger partial charge in [0.05, 0.1) is 13.2 Å². The Hall–Kier alpha value is -0.470. The highest BCUT2D eigenvalue weighted by Gasteiger charge is 2.24. The molecule has 0 saturated heterocycles. The van der Waals surface area contributed by atoms with Crippen LogP contribution in [0.15, 0.2) is 35.3 Å². The number of hydrogen-bond donors (Lipinski definition) is 2. The molecule has 1 aromatic carbocycles. The Morgan fingerprint density at radius 2 is 2.08 bits per heavy atom. The molecule has 0 aliphatic heterocycles. The lowest BCUT2D eigenvalue weighted by atomic mass is 10.2. The Bertz CT molecular complexity index is 473. The second-order valence-corrected chi connectivity index (χ2v) is 7.35. The standard InChI is InChI=1S/C18H29N3OS.HI/c1-3-23-17-10-9-16(13-17)21-18(19-2)20-11-12-22-14-15-7-5-4-6-8-15;/h4-8,16-17H,3,9-14H2,1-2H3,(H2,19,20,21);1H. The highest BCUT2D eigenvalue weighted by Crippen LogP contribution is 2.29. The van der Waals surface area contributed by atoms with E-state index in [1.54, 1.807) is 0 Å². The van der Waals surface area contributed by atoms with Crippen LogP contribution in [0.25, 0.3) is 0 Å². The van der Waals surface area contributed by atoms with Gasteiger partial charge in [0, 0.05) is 24.9 Å². The lowest BCUT2D eigenvalue weighted by Gasteiger charge is -2.17. The average molecular weight is 463 g/mol. The van der Waals surface area contributed by atoms with Crippen molar-refractivity contribution >= 4 is 41.7 Å². The SMILES string of the molecule is CCSC1CCC(NC(=NC)NCCOCc2ccccc2)C1.I. The van der Waals surface area contributed by atoms with Crippen molar-refractivity contribution in [1.82, 2.24) is 10.6 Å². The second kappa shape index (κ2) is 12.8. The van der Waals surface area contributed by atoms with Crippen molar-refractivity contribution in [1.29, 1.82) is 0 Å². The first-order valence-corrected chi connectivity index (χ1v) is 9.57. The van der Waals surface area contributed by atoms with Gasteiger partial charge in [0.2, 0.25) is 0 Å². The number of ether oxygens (including phenoxy) is 1. The summed E-state index contributed by atoms with van der Waals surface area (Å²) in [6.45, 7) is 4.34. The zero-order valence-electron chi connectivity index (χ0n) is 14.7. The predicted molar refractivity (Wildman–Crippen MR) is 116 cm³/mol. The van der Waals surface area contributed by atoms with E-state index in [1.807, 2.05) is 25.2 Å². The van der Waals surface area contributed by atoms with Gasteiger partial charge < -0.3 is 15.4 Å². The van der Waals surface area contributed by atoms with E-state index in [2.05, 4.69) is 46.4 Å². The molecule has 136 valence electrons.